The third-order valence-electron chi connectivity index (χ3n) is 6.85. The van der Waals surface area contributed by atoms with Gasteiger partial charge < -0.3 is 41.9 Å². The van der Waals surface area contributed by atoms with Gasteiger partial charge in [-0.25, -0.2) is 0 Å². The van der Waals surface area contributed by atoms with Crippen LogP contribution in [0.15, 0.2) is 24.3 Å². The minimum absolute atomic E-state index is 0.0335. The molecule has 0 radical (unpaired) electrons. The Morgan fingerprint density at radius 3 is 2.29 bits per heavy atom. The van der Waals surface area contributed by atoms with Crippen LogP contribution >= 0.6 is 0 Å². The number of rotatable bonds is 19. The number of amides is 5. The van der Waals surface area contributed by atoms with Gasteiger partial charge in [0.15, 0.2) is 0 Å². The lowest BCUT2D eigenvalue weighted by Gasteiger charge is -2.30. The molecule has 0 saturated heterocycles. The summed E-state index contributed by atoms with van der Waals surface area (Å²) in [5.41, 5.74) is 5.16. The first-order valence-electron chi connectivity index (χ1n) is 14.2. The lowest BCUT2D eigenvalue weighted by atomic mass is 9.77. The van der Waals surface area contributed by atoms with Gasteiger partial charge in [-0.15, -0.1) is 0 Å². The van der Waals surface area contributed by atoms with Crippen molar-refractivity contribution in [2.45, 2.75) is 59.3 Å². The van der Waals surface area contributed by atoms with Crippen LogP contribution in [0.3, 0.4) is 0 Å². The summed E-state index contributed by atoms with van der Waals surface area (Å²) in [5.74, 6) is -3.54. The van der Waals surface area contributed by atoms with Crippen molar-refractivity contribution < 1.29 is 34.0 Å². The molecule has 234 valence electrons. The second-order valence-electron chi connectivity index (χ2n) is 11.3. The normalized spacial score (nSPS) is 12.7. The maximum Gasteiger partial charge on any atom is 0.488 e. The summed E-state index contributed by atoms with van der Waals surface area (Å²) in [7, 11) is 2.15. The summed E-state index contributed by atoms with van der Waals surface area (Å²) in [5, 5.41) is 29.6. The molecule has 5 amide bonds. The van der Waals surface area contributed by atoms with Crippen LogP contribution in [0.25, 0.3) is 0 Å². The molecule has 1 aromatic carbocycles. The third kappa shape index (κ3) is 13.9. The molecule has 8 N–H and O–H groups in total. The monoisotopic (exact) mass is 590 g/mol. The van der Waals surface area contributed by atoms with Crippen molar-refractivity contribution in [2.24, 2.45) is 23.0 Å². The van der Waals surface area contributed by atoms with E-state index in [1.54, 1.807) is 32.9 Å². The Morgan fingerprint density at radius 2 is 1.69 bits per heavy atom. The lowest BCUT2D eigenvalue weighted by molar-refractivity contribution is -0.130. The van der Waals surface area contributed by atoms with Crippen molar-refractivity contribution >= 4 is 47.8 Å². The fourth-order valence-electron chi connectivity index (χ4n) is 4.30. The minimum atomic E-state index is -1.70. The van der Waals surface area contributed by atoms with Crippen LogP contribution in [0, 0.1) is 17.3 Å². The molecule has 0 saturated carbocycles. The number of nitrogens with zero attached hydrogens (tertiary/aromatic N) is 1. The van der Waals surface area contributed by atoms with Crippen molar-refractivity contribution in [2.75, 3.05) is 39.2 Å². The Hall–Kier alpha value is -3.49. The average Bonchev–Trinajstić information content (AvgIpc) is 2.92. The van der Waals surface area contributed by atoms with Crippen LogP contribution in [0.4, 0.5) is 5.69 Å². The summed E-state index contributed by atoms with van der Waals surface area (Å²) >= 11 is 0. The number of carbonyl (C=O) groups is 5. The van der Waals surface area contributed by atoms with Gasteiger partial charge in [-0.1, -0.05) is 32.9 Å². The summed E-state index contributed by atoms with van der Waals surface area (Å²) < 4.78 is 0. The van der Waals surface area contributed by atoms with E-state index in [2.05, 4.69) is 21.3 Å². The fraction of sp³-hybridized carbons (Fsp3) is 0.607. The molecular weight excluding hydrogens is 543 g/mol. The Morgan fingerprint density at radius 1 is 1.02 bits per heavy atom. The fourth-order valence-corrected chi connectivity index (χ4v) is 4.30. The maximum absolute atomic E-state index is 13.3. The molecule has 2 atom stereocenters. The summed E-state index contributed by atoms with van der Waals surface area (Å²) in [6.45, 7) is 6.18. The molecule has 0 fully saturated rings. The van der Waals surface area contributed by atoms with Gasteiger partial charge in [-0.3, -0.25) is 24.0 Å². The number of hydrogen-bond acceptors (Lipinski definition) is 8. The molecule has 0 spiro atoms. The smallest absolute Gasteiger partial charge is 0.423 e. The first-order chi connectivity index (χ1) is 19.7. The molecule has 42 heavy (non-hydrogen) atoms. The topological polar surface area (TPSA) is 203 Å². The lowest BCUT2D eigenvalue weighted by Crippen LogP contribution is -2.41. The van der Waals surface area contributed by atoms with E-state index < -0.39 is 36.2 Å². The third-order valence-corrected chi connectivity index (χ3v) is 6.85. The van der Waals surface area contributed by atoms with E-state index in [4.69, 9.17) is 5.73 Å². The zero-order chi connectivity index (χ0) is 31.9. The molecular formula is C28H47BN6O7. The molecule has 1 aromatic rings. The molecule has 0 aliphatic heterocycles. The quantitative estimate of drug-likeness (QED) is 0.0621. The van der Waals surface area contributed by atoms with Crippen LogP contribution in [0.5, 0.6) is 0 Å². The van der Waals surface area contributed by atoms with Gasteiger partial charge in [0.25, 0.3) is 0 Å². The SMILES string of the molecule is CCC(=O)NCNC(=O)CCC(CC(CC(C)(C)C(=O)Nc1cccc(B(O)O)c1)C(=O)NCCCN(C)C)C(N)=O. The molecule has 2 unspecified atom stereocenters. The first kappa shape index (κ1) is 36.5. The van der Waals surface area contributed by atoms with E-state index in [0.717, 1.165) is 6.54 Å². The number of hydrogen-bond donors (Lipinski definition) is 7. The highest BCUT2D eigenvalue weighted by molar-refractivity contribution is 6.58. The predicted octanol–water partition coefficient (Wildman–Crippen LogP) is -0.723. The Labute approximate surface area is 248 Å². The molecule has 0 aliphatic rings. The molecule has 13 nitrogen and oxygen atoms in total. The number of carbonyl (C=O) groups excluding carboxylic acids is 5. The zero-order valence-electron chi connectivity index (χ0n) is 25.4. The Balaban J connectivity index is 3.00. The molecule has 0 bridgehead atoms. The van der Waals surface area contributed by atoms with Gasteiger partial charge in [0, 0.05) is 42.3 Å². The van der Waals surface area contributed by atoms with Gasteiger partial charge in [0.2, 0.25) is 29.5 Å². The standard InChI is InChI=1S/C28H47BN6O7/c1-6-23(36)32-18-33-24(37)12-11-19(25(30)38)15-20(26(39)31-13-8-14-35(4)5)17-28(2,3)27(40)34-22-10-7-9-21(16-22)29(41)42/h7,9-10,16,19-20,41-42H,6,8,11-15,17-18H2,1-5H3,(H2,30,38)(H,31,39)(H,32,36)(H,33,37)(H,34,40). The highest BCUT2D eigenvalue weighted by Crippen LogP contribution is 2.32. The van der Waals surface area contributed by atoms with Crippen LogP contribution in [-0.2, 0) is 24.0 Å². The second-order valence-corrected chi connectivity index (χ2v) is 11.3. The van der Waals surface area contributed by atoms with E-state index in [1.165, 1.54) is 12.1 Å². The van der Waals surface area contributed by atoms with Gasteiger partial charge in [-0.2, -0.15) is 0 Å². The number of nitrogens with one attached hydrogen (secondary N) is 4. The van der Waals surface area contributed by atoms with Crippen molar-refractivity contribution in [3.05, 3.63) is 24.3 Å². The molecule has 14 heteroatoms. The summed E-state index contributed by atoms with van der Waals surface area (Å²) in [6, 6.07) is 6.13. The van der Waals surface area contributed by atoms with Gasteiger partial charge in [0.1, 0.15) is 0 Å². The van der Waals surface area contributed by atoms with Crippen LogP contribution in [0.2, 0.25) is 0 Å². The van der Waals surface area contributed by atoms with E-state index in [1.807, 2.05) is 19.0 Å². The number of primary amides is 1. The first-order valence-corrected chi connectivity index (χ1v) is 14.2. The van der Waals surface area contributed by atoms with Crippen molar-refractivity contribution in [1.82, 2.24) is 20.9 Å². The number of benzene rings is 1. The van der Waals surface area contributed by atoms with Crippen molar-refractivity contribution in [1.29, 1.82) is 0 Å². The van der Waals surface area contributed by atoms with E-state index >= 15 is 0 Å². The predicted molar refractivity (Wildman–Crippen MR) is 161 cm³/mol. The Kier molecular flexibility index (Phi) is 15.8. The largest absolute Gasteiger partial charge is 0.488 e. The summed E-state index contributed by atoms with van der Waals surface area (Å²) in [6.07, 6.45) is 1.17. The average molecular weight is 591 g/mol. The van der Waals surface area contributed by atoms with Gasteiger partial charge >= 0.3 is 7.12 Å². The van der Waals surface area contributed by atoms with E-state index in [-0.39, 0.29) is 62.0 Å². The number of anilines is 1. The van der Waals surface area contributed by atoms with Gasteiger partial charge in [0.05, 0.1) is 6.67 Å². The minimum Gasteiger partial charge on any atom is -0.423 e. The summed E-state index contributed by atoms with van der Waals surface area (Å²) in [4.78, 5) is 64.5. The van der Waals surface area contributed by atoms with Crippen molar-refractivity contribution in [3.8, 4) is 0 Å². The molecule has 0 aliphatic carbocycles. The van der Waals surface area contributed by atoms with Crippen LogP contribution in [-0.4, -0.2) is 85.5 Å². The molecule has 0 aromatic heterocycles. The van der Waals surface area contributed by atoms with E-state index in [0.29, 0.717) is 18.7 Å². The van der Waals surface area contributed by atoms with Gasteiger partial charge in [-0.05, 0) is 63.9 Å². The highest BCUT2D eigenvalue weighted by Gasteiger charge is 2.36. The van der Waals surface area contributed by atoms with Crippen molar-refractivity contribution in [3.63, 3.8) is 0 Å². The van der Waals surface area contributed by atoms with Crippen LogP contribution < -0.4 is 32.5 Å². The Bertz CT molecular complexity index is 1070. The highest BCUT2D eigenvalue weighted by atomic mass is 16.4. The van der Waals surface area contributed by atoms with Crippen LogP contribution in [0.1, 0.15) is 59.3 Å². The zero-order valence-corrected chi connectivity index (χ0v) is 25.4. The molecule has 0 heterocycles. The second kappa shape index (κ2) is 18.1. The molecule has 1 rings (SSSR count). The maximum atomic E-state index is 13.3. The number of nitrogens with two attached hydrogens (primary N) is 1. The van der Waals surface area contributed by atoms with E-state index in [9.17, 15) is 34.0 Å².